The van der Waals surface area contributed by atoms with Crippen molar-refractivity contribution < 1.29 is 4.79 Å². The van der Waals surface area contributed by atoms with Crippen molar-refractivity contribution in [3.05, 3.63) is 76.3 Å². The van der Waals surface area contributed by atoms with E-state index >= 15 is 0 Å². The highest BCUT2D eigenvalue weighted by Crippen LogP contribution is 2.33. The summed E-state index contributed by atoms with van der Waals surface area (Å²) in [6.45, 7) is 4.71. The van der Waals surface area contributed by atoms with E-state index in [4.69, 9.17) is 0 Å². The molecule has 0 aliphatic carbocycles. The first-order valence-electron chi connectivity index (χ1n) is 8.27. The lowest BCUT2D eigenvalue weighted by atomic mass is 10.1. The summed E-state index contributed by atoms with van der Waals surface area (Å²) in [6.07, 6.45) is 1.83. The summed E-state index contributed by atoms with van der Waals surface area (Å²) in [7, 11) is 0. The van der Waals surface area contributed by atoms with Crippen LogP contribution in [0.25, 0.3) is 0 Å². The Bertz CT molecular complexity index is 893. The second kappa shape index (κ2) is 8.38. The lowest BCUT2D eigenvalue weighted by Crippen LogP contribution is -2.19. The highest BCUT2D eigenvalue weighted by Gasteiger charge is 2.20. The minimum atomic E-state index is -0.151. The number of hydrogen-bond donors (Lipinski definition) is 1. The fourth-order valence-corrected chi connectivity index (χ4v) is 3.89. The van der Waals surface area contributed by atoms with Gasteiger partial charge in [0, 0.05) is 16.8 Å². The van der Waals surface area contributed by atoms with Gasteiger partial charge in [0.2, 0.25) is 0 Å². The van der Waals surface area contributed by atoms with Crippen LogP contribution in [-0.2, 0) is 6.54 Å². The van der Waals surface area contributed by atoms with E-state index in [9.17, 15) is 4.79 Å². The molecule has 1 N–H and O–H groups in total. The van der Waals surface area contributed by atoms with Gasteiger partial charge in [0.1, 0.15) is 5.69 Å². The molecule has 26 heavy (non-hydrogen) atoms. The third-order valence-corrected chi connectivity index (χ3v) is 5.31. The maximum atomic E-state index is 12.2. The molecule has 3 aromatic rings. The lowest BCUT2D eigenvalue weighted by molar-refractivity contribution is 0.0980. The van der Waals surface area contributed by atoms with Crippen molar-refractivity contribution in [1.29, 1.82) is 0 Å². The van der Waals surface area contributed by atoms with E-state index < -0.39 is 0 Å². The van der Waals surface area contributed by atoms with E-state index in [-0.39, 0.29) is 5.91 Å². The van der Waals surface area contributed by atoms with Crippen LogP contribution in [0.1, 0.15) is 26.5 Å². The average Bonchev–Trinajstić information content (AvgIpc) is 3.02. The number of thiazole rings is 1. The molecule has 0 spiro atoms. The summed E-state index contributed by atoms with van der Waals surface area (Å²) >= 11 is 2.82. The van der Waals surface area contributed by atoms with Crippen LogP contribution in [0, 0.1) is 13.8 Å². The van der Waals surface area contributed by atoms with Crippen molar-refractivity contribution in [3.8, 4) is 0 Å². The van der Waals surface area contributed by atoms with E-state index in [1.54, 1.807) is 11.3 Å². The Morgan fingerprint density at radius 2 is 1.92 bits per heavy atom. The van der Waals surface area contributed by atoms with E-state index in [1.165, 1.54) is 23.1 Å². The third kappa shape index (κ3) is 4.26. The summed E-state index contributed by atoms with van der Waals surface area (Å²) in [5.74, 6) is -0.151. The molecule has 6 heteroatoms. The van der Waals surface area contributed by atoms with Gasteiger partial charge in [-0.05, 0) is 37.1 Å². The number of rotatable bonds is 6. The Balaban J connectivity index is 2.00. The number of nitrogens with one attached hydrogen (secondary N) is 1. The van der Waals surface area contributed by atoms with Gasteiger partial charge in [-0.3, -0.25) is 9.52 Å². The van der Waals surface area contributed by atoms with Crippen molar-refractivity contribution in [2.75, 3.05) is 11.2 Å². The van der Waals surface area contributed by atoms with Crippen LogP contribution >= 0.6 is 23.3 Å². The molecule has 1 amide bonds. The number of aryl methyl sites for hydroxylation is 2. The minimum absolute atomic E-state index is 0.151. The Hall–Kier alpha value is -2.31. The molecule has 2 aromatic carbocycles. The Morgan fingerprint density at radius 3 is 2.62 bits per heavy atom. The molecule has 0 fully saturated rings. The predicted octanol–water partition coefficient (Wildman–Crippen LogP) is 5.11. The normalized spacial score (nSPS) is 10.6. The molecule has 3 rings (SSSR count). The van der Waals surface area contributed by atoms with Gasteiger partial charge in [-0.2, -0.15) is 0 Å². The quantitative estimate of drug-likeness (QED) is 0.601. The number of nitrogens with zero attached hydrogens (tertiary/aromatic N) is 2. The number of anilines is 2. The van der Waals surface area contributed by atoms with Gasteiger partial charge < -0.3 is 4.90 Å². The van der Waals surface area contributed by atoms with Gasteiger partial charge in [0.25, 0.3) is 5.91 Å². The summed E-state index contributed by atoms with van der Waals surface area (Å²) in [5, 5.41) is 0.822. The van der Waals surface area contributed by atoms with Gasteiger partial charge >= 0.3 is 0 Å². The van der Waals surface area contributed by atoms with Crippen LogP contribution in [-0.4, -0.2) is 17.1 Å². The predicted molar refractivity (Wildman–Crippen MR) is 111 cm³/mol. The first kappa shape index (κ1) is 18.5. The molecule has 134 valence electrons. The number of carbonyl (C=O) groups is 1. The molecule has 0 aliphatic rings. The highest BCUT2D eigenvalue weighted by atomic mass is 32.2. The number of carbonyl (C=O) groups excluding carboxylic acids is 1. The van der Waals surface area contributed by atoms with E-state index in [2.05, 4.69) is 51.9 Å². The number of amides is 1. The zero-order chi connectivity index (χ0) is 18.5. The average molecular weight is 384 g/mol. The molecule has 0 aliphatic heterocycles. The van der Waals surface area contributed by atoms with Crippen molar-refractivity contribution in [1.82, 2.24) is 9.71 Å². The second-order valence-electron chi connectivity index (χ2n) is 5.95. The monoisotopic (exact) mass is 383 g/mol. The van der Waals surface area contributed by atoms with Crippen LogP contribution in [0.5, 0.6) is 0 Å². The van der Waals surface area contributed by atoms with Crippen LogP contribution in [0.3, 0.4) is 0 Å². The van der Waals surface area contributed by atoms with E-state index in [0.29, 0.717) is 12.2 Å². The van der Waals surface area contributed by atoms with Crippen LogP contribution in [0.2, 0.25) is 0 Å². The summed E-state index contributed by atoms with van der Waals surface area (Å²) in [6, 6.07) is 18.6. The molecule has 0 saturated carbocycles. The molecular weight excluding hydrogens is 362 g/mol. The minimum Gasteiger partial charge on any atom is -0.313 e. The van der Waals surface area contributed by atoms with Gasteiger partial charge in [0.05, 0.1) is 6.54 Å². The largest absolute Gasteiger partial charge is 0.313 e. The highest BCUT2D eigenvalue weighted by molar-refractivity contribution is 7.97. The second-order valence-corrected chi connectivity index (χ2v) is 7.74. The Morgan fingerprint density at radius 1 is 1.15 bits per heavy atom. The maximum Gasteiger partial charge on any atom is 0.280 e. The zero-order valence-electron chi connectivity index (χ0n) is 15.0. The summed E-state index contributed by atoms with van der Waals surface area (Å²) in [5.41, 5.74) is 3.94. The first-order chi connectivity index (χ1) is 12.6. The maximum absolute atomic E-state index is 12.2. The van der Waals surface area contributed by atoms with Crippen molar-refractivity contribution >= 4 is 40.0 Å². The van der Waals surface area contributed by atoms with E-state index in [0.717, 1.165) is 15.7 Å². The molecule has 0 radical (unpaired) electrons. The summed E-state index contributed by atoms with van der Waals surface area (Å²) in [4.78, 5) is 20.0. The van der Waals surface area contributed by atoms with Gasteiger partial charge in [-0.1, -0.05) is 54.4 Å². The number of hydrogen-bond acceptors (Lipinski definition) is 5. The molecule has 0 unspecified atom stereocenters. The molecule has 1 aromatic heterocycles. The zero-order valence-corrected chi connectivity index (χ0v) is 16.7. The Kier molecular flexibility index (Phi) is 5.96. The van der Waals surface area contributed by atoms with Crippen LogP contribution in [0.4, 0.5) is 10.8 Å². The topological polar surface area (TPSA) is 45.2 Å². The number of benzene rings is 2. The van der Waals surface area contributed by atoms with Gasteiger partial charge in [-0.25, -0.2) is 4.98 Å². The van der Waals surface area contributed by atoms with Gasteiger partial charge in [0.15, 0.2) is 5.13 Å². The molecule has 0 atom stereocenters. The third-order valence-electron chi connectivity index (χ3n) is 3.92. The molecule has 1 heterocycles. The lowest BCUT2D eigenvalue weighted by Gasteiger charge is -2.22. The standard InChI is InChI=1S/C20H21N3OS2/c1-14-8-7-11-17(12-14)23(13-16-9-5-4-6-10-16)20-21-18(15(2)26-20)19(24)22-25-3/h4-12H,13H2,1-3H3,(H,22,24). The number of aromatic nitrogens is 1. The molecule has 0 bridgehead atoms. The van der Waals surface area contributed by atoms with E-state index in [1.807, 2.05) is 37.4 Å². The molecular formula is C20H21N3OS2. The smallest absolute Gasteiger partial charge is 0.280 e. The van der Waals surface area contributed by atoms with Crippen molar-refractivity contribution in [2.45, 2.75) is 20.4 Å². The van der Waals surface area contributed by atoms with Crippen molar-refractivity contribution in [2.24, 2.45) is 0 Å². The van der Waals surface area contributed by atoms with Crippen LogP contribution in [0.15, 0.2) is 54.6 Å². The SMILES string of the molecule is CSNC(=O)c1nc(N(Cc2ccccc2)c2cccc(C)c2)sc1C. The molecule has 4 nitrogen and oxygen atoms in total. The fourth-order valence-electron chi connectivity index (χ4n) is 2.68. The van der Waals surface area contributed by atoms with Crippen LogP contribution < -0.4 is 9.62 Å². The van der Waals surface area contributed by atoms with Crippen molar-refractivity contribution in [3.63, 3.8) is 0 Å². The Labute approximate surface area is 162 Å². The fraction of sp³-hybridized carbons (Fsp3) is 0.200. The molecule has 0 saturated heterocycles. The summed E-state index contributed by atoms with van der Waals surface area (Å²) < 4.78 is 2.76. The first-order valence-corrected chi connectivity index (χ1v) is 10.3. The van der Waals surface area contributed by atoms with Gasteiger partial charge in [-0.15, -0.1) is 11.3 Å².